The van der Waals surface area contributed by atoms with Crippen LogP contribution in [0.2, 0.25) is 0 Å². The minimum absolute atomic E-state index is 0.101. The third-order valence-electron chi connectivity index (χ3n) is 6.79. The van der Waals surface area contributed by atoms with Gasteiger partial charge in [-0.15, -0.1) is 0 Å². The van der Waals surface area contributed by atoms with E-state index < -0.39 is 17.7 Å². The van der Waals surface area contributed by atoms with E-state index in [2.05, 4.69) is 6.92 Å². The molecule has 4 heterocycles. The lowest BCUT2D eigenvalue weighted by atomic mass is 9.56. The lowest BCUT2D eigenvalue weighted by Crippen LogP contribution is -2.74. The van der Waals surface area contributed by atoms with Gasteiger partial charge in [-0.25, -0.2) is 9.78 Å². The van der Waals surface area contributed by atoms with Crippen molar-refractivity contribution < 1.29 is 19.2 Å². The quantitative estimate of drug-likeness (QED) is 0.632. The smallest absolute Gasteiger partial charge is 0.201 e. The molecule has 2 bridgehead atoms. The van der Waals surface area contributed by atoms with Crippen LogP contribution < -0.4 is 5.73 Å². The number of hydrogen-bond acceptors (Lipinski definition) is 6. The van der Waals surface area contributed by atoms with Crippen molar-refractivity contribution >= 4 is 6.21 Å². The summed E-state index contributed by atoms with van der Waals surface area (Å²) >= 11 is 0. The predicted molar refractivity (Wildman–Crippen MR) is 89.4 cm³/mol. The van der Waals surface area contributed by atoms with Gasteiger partial charge in [0.1, 0.15) is 0 Å². The Hall–Kier alpha value is -0.530. The molecule has 1 saturated carbocycles. The molecule has 6 heteroatoms. The lowest BCUT2D eigenvalue weighted by Gasteiger charge is -2.62. The maximum absolute atomic E-state index is 6.44. The van der Waals surface area contributed by atoms with Crippen molar-refractivity contribution in [1.82, 2.24) is 0 Å². The zero-order chi connectivity index (χ0) is 17.0. The summed E-state index contributed by atoms with van der Waals surface area (Å²) in [5, 5.41) is 0. The van der Waals surface area contributed by atoms with Crippen molar-refractivity contribution in [2.45, 2.75) is 88.6 Å². The summed E-state index contributed by atoms with van der Waals surface area (Å²) in [4.78, 5) is 17.0. The minimum Gasteiger partial charge on any atom is -0.346 e. The number of aliphatic imine (C=N–C) groups is 1. The van der Waals surface area contributed by atoms with Gasteiger partial charge in [0.05, 0.1) is 11.6 Å². The van der Waals surface area contributed by atoms with E-state index in [1.807, 2.05) is 20.1 Å². The number of ether oxygens (including phenoxy) is 2. The molecule has 24 heavy (non-hydrogen) atoms. The maximum Gasteiger partial charge on any atom is 0.201 e. The van der Waals surface area contributed by atoms with Crippen LogP contribution in [-0.2, 0) is 19.2 Å². The zero-order valence-electron chi connectivity index (χ0n) is 15.0. The van der Waals surface area contributed by atoms with Gasteiger partial charge in [0.2, 0.25) is 5.79 Å². The molecule has 4 saturated heterocycles. The van der Waals surface area contributed by atoms with Crippen molar-refractivity contribution in [2.24, 2.45) is 22.6 Å². The molecule has 0 aromatic carbocycles. The Balaban J connectivity index is 1.83. The first-order chi connectivity index (χ1) is 11.5. The summed E-state index contributed by atoms with van der Waals surface area (Å²) in [6.45, 7) is 6.79. The van der Waals surface area contributed by atoms with Gasteiger partial charge in [-0.05, 0) is 58.2 Å². The molecule has 1 aliphatic carbocycles. The minimum atomic E-state index is -0.762. The fourth-order valence-corrected chi connectivity index (χ4v) is 5.58. The SMILES string of the molecule is CC=NC12CCCC3C(C)C(CCN)OC4OC(C)(CC1)OOC432. The number of nitrogens with zero attached hydrogens (tertiary/aromatic N) is 1. The lowest BCUT2D eigenvalue weighted by molar-refractivity contribution is -0.570. The van der Waals surface area contributed by atoms with Crippen LogP contribution >= 0.6 is 0 Å². The van der Waals surface area contributed by atoms with E-state index in [1.54, 1.807) is 0 Å². The molecule has 0 aromatic rings. The Bertz CT molecular complexity index is 529. The van der Waals surface area contributed by atoms with Crippen LogP contribution in [0.1, 0.15) is 59.3 Å². The summed E-state index contributed by atoms with van der Waals surface area (Å²) in [6, 6.07) is 0. The van der Waals surface area contributed by atoms with Crippen molar-refractivity contribution in [3.05, 3.63) is 0 Å². The largest absolute Gasteiger partial charge is 0.346 e. The molecule has 0 amide bonds. The van der Waals surface area contributed by atoms with Crippen molar-refractivity contribution in [2.75, 3.05) is 6.54 Å². The summed E-state index contributed by atoms with van der Waals surface area (Å²) in [5.41, 5.74) is 4.84. The summed E-state index contributed by atoms with van der Waals surface area (Å²) < 4.78 is 12.8. The third-order valence-corrected chi connectivity index (χ3v) is 6.79. The molecule has 6 nitrogen and oxygen atoms in total. The first-order valence-corrected chi connectivity index (χ1v) is 9.40. The Labute approximate surface area is 144 Å². The monoisotopic (exact) mass is 338 g/mol. The Morgan fingerprint density at radius 3 is 2.83 bits per heavy atom. The highest BCUT2D eigenvalue weighted by molar-refractivity contribution is 5.55. The van der Waals surface area contributed by atoms with Gasteiger partial charge in [0, 0.05) is 12.3 Å². The van der Waals surface area contributed by atoms with Crippen molar-refractivity contribution in [3.63, 3.8) is 0 Å². The van der Waals surface area contributed by atoms with E-state index in [4.69, 9.17) is 30.0 Å². The van der Waals surface area contributed by atoms with E-state index in [9.17, 15) is 0 Å². The van der Waals surface area contributed by atoms with Crippen LogP contribution in [0.3, 0.4) is 0 Å². The number of nitrogens with two attached hydrogens (primary N) is 1. The van der Waals surface area contributed by atoms with E-state index >= 15 is 0 Å². The summed E-state index contributed by atoms with van der Waals surface area (Å²) in [5.74, 6) is -0.124. The van der Waals surface area contributed by atoms with Gasteiger partial charge in [-0.2, -0.15) is 0 Å². The van der Waals surface area contributed by atoms with Gasteiger partial charge in [-0.3, -0.25) is 4.99 Å². The second-order valence-electron chi connectivity index (χ2n) is 8.07. The number of rotatable bonds is 3. The molecule has 5 aliphatic rings. The first kappa shape index (κ1) is 16.9. The molecule has 0 aromatic heterocycles. The van der Waals surface area contributed by atoms with Gasteiger partial charge in [0.25, 0.3) is 0 Å². The summed E-state index contributed by atoms with van der Waals surface area (Å²) in [6.07, 6.45) is 7.30. The zero-order valence-corrected chi connectivity index (χ0v) is 15.0. The second-order valence-corrected chi connectivity index (χ2v) is 8.07. The fraction of sp³-hybridized carbons (Fsp3) is 0.944. The third kappa shape index (κ3) is 2.10. The molecule has 5 rings (SSSR count). The normalized spacial score (nSPS) is 53.8. The fourth-order valence-electron chi connectivity index (χ4n) is 5.58. The Morgan fingerprint density at radius 2 is 2.08 bits per heavy atom. The van der Waals surface area contributed by atoms with Crippen LogP contribution in [0.15, 0.2) is 4.99 Å². The summed E-state index contributed by atoms with van der Waals surface area (Å²) in [7, 11) is 0. The van der Waals surface area contributed by atoms with Gasteiger partial charge < -0.3 is 15.2 Å². The van der Waals surface area contributed by atoms with Crippen LogP contribution in [-0.4, -0.2) is 42.1 Å². The highest BCUT2D eigenvalue weighted by Gasteiger charge is 2.74. The second kappa shape index (κ2) is 5.74. The first-order valence-electron chi connectivity index (χ1n) is 9.40. The Kier molecular flexibility index (Phi) is 4.05. The number of fused-ring (bicyclic) bond motifs is 2. The van der Waals surface area contributed by atoms with Crippen LogP contribution in [0.4, 0.5) is 0 Å². The average molecular weight is 338 g/mol. The van der Waals surface area contributed by atoms with Crippen molar-refractivity contribution in [3.8, 4) is 0 Å². The van der Waals surface area contributed by atoms with E-state index in [0.29, 0.717) is 18.4 Å². The molecule has 5 fully saturated rings. The van der Waals surface area contributed by atoms with Crippen LogP contribution in [0.5, 0.6) is 0 Å². The van der Waals surface area contributed by atoms with Gasteiger partial charge in [-0.1, -0.05) is 13.3 Å². The highest BCUT2D eigenvalue weighted by atomic mass is 17.3. The topological polar surface area (TPSA) is 75.3 Å². The van der Waals surface area contributed by atoms with Gasteiger partial charge >= 0.3 is 0 Å². The molecule has 4 aliphatic heterocycles. The standard InChI is InChI=1S/C18H30N2O4/c1-4-20-17-8-5-6-13-12(2)14(7-11-19)21-15-18(13,17)24-23-16(3,22-15)9-10-17/h4,12-15H,5-11,19H2,1-3H3. The highest BCUT2D eigenvalue weighted by Crippen LogP contribution is 2.62. The molecular formula is C18H30N2O4. The predicted octanol–water partition coefficient (Wildman–Crippen LogP) is 2.55. The number of hydrogen-bond donors (Lipinski definition) is 1. The molecular weight excluding hydrogens is 308 g/mol. The molecule has 0 radical (unpaired) electrons. The van der Waals surface area contributed by atoms with Crippen LogP contribution in [0.25, 0.3) is 0 Å². The van der Waals surface area contributed by atoms with E-state index in [0.717, 1.165) is 38.5 Å². The van der Waals surface area contributed by atoms with E-state index in [-0.39, 0.29) is 11.6 Å². The molecule has 2 N–H and O–H groups in total. The van der Waals surface area contributed by atoms with Crippen molar-refractivity contribution in [1.29, 1.82) is 0 Å². The van der Waals surface area contributed by atoms with Crippen LogP contribution in [0, 0.1) is 11.8 Å². The molecule has 7 unspecified atom stereocenters. The van der Waals surface area contributed by atoms with Gasteiger partial charge in [0.15, 0.2) is 11.9 Å². The molecule has 7 atom stereocenters. The molecule has 1 spiro atoms. The Morgan fingerprint density at radius 1 is 1.25 bits per heavy atom. The maximum atomic E-state index is 6.44. The molecule has 136 valence electrons. The van der Waals surface area contributed by atoms with E-state index in [1.165, 1.54) is 0 Å². The average Bonchev–Trinajstić information content (AvgIpc) is 2.75.